The Morgan fingerprint density at radius 1 is 0.935 bits per heavy atom. The lowest BCUT2D eigenvalue weighted by atomic mass is 10.1. The molecule has 1 aliphatic rings. The Kier molecular flexibility index (Phi) is 6.15. The zero-order valence-corrected chi connectivity index (χ0v) is 17.7. The molecule has 1 amide bonds. The average molecular weight is 439 g/mol. The fourth-order valence-electron chi connectivity index (χ4n) is 3.82. The number of anilines is 1. The third-order valence-electron chi connectivity index (χ3n) is 5.36. The van der Waals surface area contributed by atoms with Crippen LogP contribution in [-0.2, 0) is 34.2 Å². The predicted octanol–water partition coefficient (Wildman–Crippen LogP) is 4.14. The fourth-order valence-corrected chi connectivity index (χ4v) is 5.27. The Bertz CT molecular complexity index is 1200. The maximum atomic E-state index is 14.3. The van der Waals surface area contributed by atoms with E-state index in [1.54, 1.807) is 24.3 Å². The minimum Gasteiger partial charge on any atom is -0.325 e. The van der Waals surface area contributed by atoms with Gasteiger partial charge in [-0.05, 0) is 60.2 Å². The summed E-state index contributed by atoms with van der Waals surface area (Å²) >= 11 is 0. The fraction of sp³-hybridized carbons (Fsp3) is 0.208. The molecule has 0 spiro atoms. The van der Waals surface area contributed by atoms with E-state index in [1.807, 2.05) is 24.3 Å². The number of carbonyl (C=O) groups is 1. The predicted molar refractivity (Wildman–Crippen MR) is 118 cm³/mol. The lowest BCUT2D eigenvalue weighted by Gasteiger charge is -2.22. The average Bonchev–Trinajstić information content (AvgIpc) is 3.22. The summed E-state index contributed by atoms with van der Waals surface area (Å²) < 4.78 is 41.7. The van der Waals surface area contributed by atoms with Gasteiger partial charge in [-0.3, -0.25) is 4.79 Å². The highest BCUT2D eigenvalue weighted by Gasteiger charge is 2.29. The van der Waals surface area contributed by atoms with E-state index in [9.17, 15) is 17.6 Å². The molecule has 4 rings (SSSR count). The Morgan fingerprint density at radius 2 is 1.65 bits per heavy atom. The zero-order chi connectivity index (χ0) is 21.8. The Balaban J connectivity index is 1.58. The summed E-state index contributed by atoms with van der Waals surface area (Å²) in [5, 5.41) is 2.79. The van der Waals surface area contributed by atoms with E-state index < -0.39 is 33.2 Å². The second-order valence-corrected chi connectivity index (χ2v) is 9.48. The van der Waals surface area contributed by atoms with Gasteiger partial charge in [0.1, 0.15) is 10.7 Å². The zero-order valence-electron chi connectivity index (χ0n) is 16.9. The van der Waals surface area contributed by atoms with Crippen LogP contribution in [0.3, 0.4) is 0 Å². The molecule has 0 atom stereocenters. The van der Waals surface area contributed by atoms with Gasteiger partial charge in [0.05, 0.1) is 6.54 Å². The third kappa shape index (κ3) is 4.84. The van der Waals surface area contributed by atoms with Gasteiger partial charge in [-0.25, -0.2) is 12.8 Å². The molecule has 0 fully saturated rings. The highest BCUT2D eigenvalue weighted by atomic mass is 32.2. The van der Waals surface area contributed by atoms with E-state index >= 15 is 0 Å². The number of amides is 1. The summed E-state index contributed by atoms with van der Waals surface area (Å²) in [6, 6.07) is 19.9. The number of nitrogens with one attached hydrogen (secondary N) is 1. The van der Waals surface area contributed by atoms with Gasteiger partial charge in [-0.1, -0.05) is 48.5 Å². The van der Waals surface area contributed by atoms with Crippen LogP contribution in [0.2, 0.25) is 0 Å². The van der Waals surface area contributed by atoms with Gasteiger partial charge in [0, 0.05) is 12.2 Å². The second-order valence-electron chi connectivity index (χ2n) is 7.57. The van der Waals surface area contributed by atoms with Gasteiger partial charge in [0.2, 0.25) is 15.9 Å². The number of aryl methyl sites for hydroxylation is 2. The first kappa shape index (κ1) is 21.2. The number of carbonyl (C=O) groups excluding carboxylic acids is 1. The van der Waals surface area contributed by atoms with Crippen LogP contribution in [0, 0.1) is 5.82 Å². The van der Waals surface area contributed by atoms with Gasteiger partial charge in [-0.2, -0.15) is 4.31 Å². The second kappa shape index (κ2) is 8.99. The number of hydrogen-bond acceptors (Lipinski definition) is 3. The van der Waals surface area contributed by atoms with Crippen molar-refractivity contribution in [2.24, 2.45) is 0 Å². The van der Waals surface area contributed by atoms with E-state index in [0.29, 0.717) is 11.3 Å². The van der Waals surface area contributed by atoms with Crippen LogP contribution in [0.4, 0.5) is 10.1 Å². The molecule has 0 saturated heterocycles. The van der Waals surface area contributed by atoms with Crippen molar-refractivity contribution in [3.63, 3.8) is 0 Å². The van der Waals surface area contributed by atoms with Crippen molar-refractivity contribution < 1.29 is 17.6 Å². The molecule has 0 heterocycles. The van der Waals surface area contributed by atoms with Crippen LogP contribution in [0.25, 0.3) is 0 Å². The Morgan fingerprint density at radius 3 is 2.42 bits per heavy atom. The van der Waals surface area contributed by atoms with Crippen molar-refractivity contribution in [2.45, 2.75) is 30.7 Å². The van der Waals surface area contributed by atoms with E-state index in [4.69, 9.17) is 0 Å². The molecule has 31 heavy (non-hydrogen) atoms. The van der Waals surface area contributed by atoms with Gasteiger partial charge < -0.3 is 5.32 Å². The van der Waals surface area contributed by atoms with Crippen molar-refractivity contribution in [3.8, 4) is 0 Å². The number of halogens is 1. The lowest BCUT2D eigenvalue weighted by molar-refractivity contribution is -0.116. The minimum atomic E-state index is -4.23. The summed E-state index contributed by atoms with van der Waals surface area (Å²) in [6.07, 6.45) is 3.11. The van der Waals surface area contributed by atoms with Crippen LogP contribution in [0.15, 0.2) is 77.7 Å². The minimum absolute atomic E-state index is 0.0465. The smallest absolute Gasteiger partial charge is 0.246 e. The van der Waals surface area contributed by atoms with E-state index in [2.05, 4.69) is 5.32 Å². The van der Waals surface area contributed by atoms with Crippen LogP contribution >= 0.6 is 0 Å². The van der Waals surface area contributed by atoms with Crippen molar-refractivity contribution in [2.75, 3.05) is 11.9 Å². The van der Waals surface area contributed by atoms with Crippen molar-refractivity contribution in [1.29, 1.82) is 0 Å². The van der Waals surface area contributed by atoms with E-state index in [1.165, 1.54) is 29.3 Å². The molecule has 0 saturated carbocycles. The first-order chi connectivity index (χ1) is 14.9. The number of fused-ring (bicyclic) bond motifs is 1. The van der Waals surface area contributed by atoms with E-state index in [0.717, 1.165) is 29.6 Å². The maximum Gasteiger partial charge on any atom is 0.246 e. The molecule has 1 aliphatic carbocycles. The van der Waals surface area contributed by atoms with E-state index in [-0.39, 0.29) is 6.54 Å². The van der Waals surface area contributed by atoms with Gasteiger partial charge in [0.15, 0.2) is 0 Å². The largest absolute Gasteiger partial charge is 0.325 e. The van der Waals surface area contributed by atoms with Crippen LogP contribution in [0.1, 0.15) is 23.1 Å². The highest BCUT2D eigenvalue weighted by molar-refractivity contribution is 7.89. The number of rotatable bonds is 7. The number of benzene rings is 3. The molecular formula is C24H23FN2O3S. The molecule has 3 aromatic rings. The lowest BCUT2D eigenvalue weighted by Crippen LogP contribution is -2.38. The molecule has 3 aromatic carbocycles. The topological polar surface area (TPSA) is 66.5 Å². The molecule has 0 aliphatic heterocycles. The number of hydrogen-bond donors (Lipinski definition) is 1. The van der Waals surface area contributed by atoms with Crippen LogP contribution in [-0.4, -0.2) is 25.2 Å². The van der Waals surface area contributed by atoms with Gasteiger partial charge in [-0.15, -0.1) is 0 Å². The molecular weight excluding hydrogens is 415 g/mol. The normalized spacial score (nSPS) is 13.2. The van der Waals surface area contributed by atoms with Crippen molar-refractivity contribution >= 4 is 21.6 Å². The standard InChI is InChI=1S/C24H23FN2O3S/c25-22-11-4-5-12-23(22)31(29,30)27(16-18-7-2-1-3-8-18)17-24(28)26-21-14-13-19-9-6-10-20(19)15-21/h1-5,7-8,11-15H,6,9-10,16-17H2,(H,26,28). The number of sulfonamides is 1. The van der Waals surface area contributed by atoms with Crippen molar-refractivity contribution in [3.05, 3.63) is 95.3 Å². The first-order valence-electron chi connectivity index (χ1n) is 10.1. The molecule has 7 heteroatoms. The molecule has 5 nitrogen and oxygen atoms in total. The summed E-state index contributed by atoms with van der Waals surface area (Å²) in [5.74, 6) is -1.33. The molecule has 1 N–H and O–H groups in total. The molecule has 0 bridgehead atoms. The van der Waals surface area contributed by atoms with Gasteiger partial charge >= 0.3 is 0 Å². The summed E-state index contributed by atoms with van der Waals surface area (Å²) in [4.78, 5) is 12.3. The van der Waals surface area contributed by atoms with Gasteiger partial charge in [0.25, 0.3) is 0 Å². The Hall–Kier alpha value is -3.03. The SMILES string of the molecule is O=C(CN(Cc1ccccc1)S(=O)(=O)c1ccccc1F)Nc1ccc2c(c1)CCC2. The molecule has 0 aromatic heterocycles. The molecule has 0 unspecified atom stereocenters. The summed E-state index contributed by atoms with van der Waals surface area (Å²) in [6.45, 7) is -0.474. The first-order valence-corrected chi connectivity index (χ1v) is 11.6. The molecule has 0 radical (unpaired) electrons. The monoisotopic (exact) mass is 438 g/mol. The highest BCUT2D eigenvalue weighted by Crippen LogP contribution is 2.25. The number of nitrogens with zero attached hydrogens (tertiary/aromatic N) is 1. The maximum absolute atomic E-state index is 14.3. The van der Waals surface area contributed by atoms with Crippen LogP contribution in [0.5, 0.6) is 0 Å². The quantitative estimate of drug-likeness (QED) is 0.603. The molecule has 160 valence electrons. The third-order valence-corrected chi connectivity index (χ3v) is 7.18. The Labute approximate surface area is 181 Å². The summed E-state index contributed by atoms with van der Waals surface area (Å²) in [7, 11) is -4.23. The summed E-state index contributed by atoms with van der Waals surface area (Å²) in [5.41, 5.74) is 3.82. The van der Waals surface area contributed by atoms with Crippen LogP contribution < -0.4 is 5.32 Å². The van der Waals surface area contributed by atoms with Crippen molar-refractivity contribution in [1.82, 2.24) is 4.31 Å².